The number of ether oxygens (including phenoxy) is 1. The minimum atomic E-state index is -0.256. The smallest absolute Gasteiger partial charge is 0.350 e. The van der Waals surface area contributed by atoms with E-state index < -0.39 is 0 Å². The van der Waals surface area contributed by atoms with Gasteiger partial charge in [-0.25, -0.2) is 9.78 Å². The molecule has 4 fully saturated rings. The van der Waals surface area contributed by atoms with Crippen molar-refractivity contribution in [2.75, 3.05) is 11.9 Å². The number of carbonyl (C=O) groups is 1. The van der Waals surface area contributed by atoms with Crippen LogP contribution in [0.5, 0.6) is 0 Å². The molecule has 1 aromatic rings. The lowest BCUT2D eigenvalue weighted by molar-refractivity contribution is 0.0107. The van der Waals surface area contributed by atoms with Gasteiger partial charge in [-0.1, -0.05) is 11.3 Å². The third-order valence-corrected chi connectivity index (χ3v) is 6.29. The topological polar surface area (TPSA) is 51.2 Å². The number of nitrogens with one attached hydrogen (secondary N) is 1. The second-order valence-corrected chi connectivity index (χ2v) is 8.10. The molecule has 0 saturated heterocycles. The Morgan fingerprint density at radius 1 is 1.33 bits per heavy atom. The molecule has 0 unspecified atom stereocenters. The predicted octanol–water partition coefficient (Wildman–Crippen LogP) is 3.70. The van der Waals surface area contributed by atoms with Crippen molar-refractivity contribution in [1.29, 1.82) is 0 Å². The van der Waals surface area contributed by atoms with Crippen molar-refractivity contribution in [2.45, 2.75) is 51.0 Å². The molecule has 0 atom stereocenters. The summed E-state index contributed by atoms with van der Waals surface area (Å²) in [6, 6.07) is 0. The largest absolute Gasteiger partial charge is 0.462 e. The summed E-state index contributed by atoms with van der Waals surface area (Å²) in [4.78, 5) is 16.7. The minimum Gasteiger partial charge on any atom is -0.462 e. The number of hydrogen-bond donors (Lipinski definition) is 1. The Morgan fingerprint density at radius 3 is 2.52 bits per heavy atom. The molecule has 4 aliphatic carbocycles. The zero-order valence-corrected chi connectivity index (χ0v) is 13.2. The molecule has 21 heavy (non-hydrogen) atoms. The first kappa shape index (κ1) is 13.6. The van der Waals surface area contributed by atoms with E-state index in [0.29, 0.717) is 11.5 Å². The molecule has 4 bridgehead atoms. The van der Waals surface area contributed by atoms with Gasteiger partial charge in [0.25, 0.3) is 0 Å². The molecular weight excluding hydrogens is 284 g/mol. The fourth-order valence-electron chi connectivity index (χ4n) is 5.12. The van der Waals surface area contributed by atoms with Gasteiger partial charge < -0.3 is 10.1 Å². The average Bonchev–Trinajstić information content (AvgIpc) is 2.85. The second-order valence-electron chi connectivity index (χ2n) is 7.07. The Bertz CT molecular complexity index is 519. The van der Waals surface area contributed by atoms with Crippen LogP contribution in [0.15, 0.2) is 6.20 Å². The van der Waals surface area contributed by atoms with E-state index in [-0.39, 0.29) is 11.5 Å². The van der Waals surface area contributed by atoms with Crippen LogP contribution in [-0.4, -0.2) is 23.1 Å². The average molecular weight is 306 g/mol. The van der Waals surface area contributed by atoms with Crippen LogP contribution in [0.25, 0.3) is 0 Å². The number of hydrogen-bond acceptors (Lipinski definition) is 5. The van der Waals surface area contributed by atoms with Crippen molar-refractivity contribution in [3.63, 3.8) is 0 Å². The number of thiazole rings is 1. The van der Waals surface area contributed by atoms with Gasteiger partial charge in [0.2, 0.25) is 0 Å². The van der Waals surface area contributed by atoms with Crippen molar-refractivity contribution in [1.82, 2.24) is 4.98 Å². The Kier molecular flexibility index (Phi) is 3.21. The van der Waals surface area contributed by atoms with Crippen LogP contribution in [0.3, 0.4) is 0 Å². The van der Waals surface area contributed by atoms with Gasteiger partial charge in [-0.05, 0) is 63.2 Å². The quantitative estimate of drug-likeness (QED) is 0.862. The molecule has 4 nitrogen and oxygen atoms in total. The highest BCUT2D eigenvalue weighted by Gasteiger charge is 2.51. The van der Waals surface area contributed by atoms with Crippen LogP contribution < -0.4 is 5.32 Å². The van der Waals surface area contributed by atoms with Crippen molar-refractivity contribution in [3.8, 4) is 0 Å². The van der Waals surface area contributed by atoms with Crippen molar-refractivity contribution >= 4 is 22.4 Å². The highest BCUT2D eigenvalue weighted by atomic mass is 32.1. The Morgan fingerprint density at radius 2 is 1.95 bits per heavy atom. The maximum atomic E-state index is 11.7. The molecule has 4 aliphatic rings. The molecule has 1 N–H and O–H groups in total. The highest BCUT2D eigenvalue weighted by molar-refractivity contribution is 7.17. The normalized spacial score (nSPS) is 36.7. The van der Waals surface area contributed by atoms with Crippen LogP contribution in [0.1, 0.15) is 55.1 Å². The molecule has 114 valence electrons. The van der Waals surface area contributed by atoms with E-state index in [4.69, 9.17) is 4.74 Å². The van der Waals surface area contributed by atoms with Gasteiger partial charge >= 0.3 is 5.97 Å². The van der Waals surface area contributed by atoms with Crippen LogP contribution in [-0.2, 0) is 4.74 Å². The summed E-state index contributed by atoms with van der Waals surface area (Å²) in [7, 11) is 0. The molecule has 0 aromatic carbocycles. The highest BCUT2D eigenvalue weighted by Crippen LogP contribution is 2.56. The summed E-state index contributed by atoms with van der Waals surface area (Å²) in [5, 5.41) is 4.59. The van der Waals surface area contributed by atoms with E-state index in [1.807, 2.05) is 6.92 Å². The molecule has 1 heterocycles. The molecule has 1 aromatic heterocycles. The van der Waals surface area contributed by atoms with Gasteiger partial charge in [0.15, 0.2) is 5.13 Å². The van der Waals surface area contributed by atoms with E-state index in [1.54, 1.807) is 6.20 Å². The number of carbonyl (C=O) groups excluding carboxylic acids is 1. The van der Waals surface area contributed by atoms with Crippen LogP contribution in [0, 0.1) is 17.8 Å². The zero-order valence-electron chi connectivity index (χ0n) is 12.4. The van der Waals surface area contributed by atoms with Crippen molar-refractivity contribution in [3.05, 3.63) is 11.1 Å². The summed E-state index contributed by atoms with van der Waals surface area (Å²) in [6.45, 7) is 2.24. The third kappa shape index (κ3) is 2.45. The van der Waals surface area contributed by atoms with E-state index in [0.717, 1.165) is 22.9 Å². The van der Waals surface area contributed by atoms with E-state index in [9.17, 15) is 4.79 Å². The standard InChI is InChI=1S/C16H22N2O2S/c1-2-20-14(19)13-9-17-15(21-13)18-16-6-10-3-11(7-16)5-12(4-10)8-16/h9-12H,2-8H2,1H3,(H,17,18). The van der Waals surface area contributed by atoms with Crippen molar-refractivity contribution < 1.29 is 9.53 Å². The lowest BCUT2D eigenvalue weighted by Crippen LogP contribution is -2.54. The van der Waals surface area contributed by atoms with E-state index in [2.05, 4.69) is 10.3 Å². The SMILES string of the molecule is CCOC(=O)c1cnc(NC23CC4CC(CC(C4)C2)C3)s1. The Hall–Kier alpha value is -1.10. The minimum absolute atomic E-state index is 0.249. The zero-order chi connectivity index (χ0) is 14.4. The molecule has 5 rings (SSSR count). The maximum absolute atomic E-state index is 11.7. The van der Waals surface area contributed by atoms with Gasteiger partial charge in [-0.15, -0.1) is 0 Å². The number of aromatic nitrogens is 1. The molecule has 5 heteroatoms. The van der Waals surface area contributed by atoms with Crippen LogP contribution >= 0.6 is 11.3 Å². The third-order valence-electron chi connectivity index (χ3n) is 5.39. The predicted molar refractivity (Wildman–Crippen MR) is 82.6 cm³/mol. The lowest BCUT2D eigenvalue weighted by Gasteiger charge is -2.56. The van der Waals surface area contributed by atoms with Gasteiger partial charge in [0.1, 0.15) is 4.88 Å². The summed E-state index contributed by atoms with van der Waals surface area (Å²) in [5.74, 6) is 2.48. The first-order valence-corrected chi connectivity index (χ1v) is 8.88. The fraction of sp³-hybridized carbons (Fsp3) is 0.750. The lowest BCUT2D eigenvalue weighted by atomic mass is 9.53. The summed E-state index contributed by atoms with van der Waals surface area (Å²) in [6.07, 6.45) is 9.81. The first-order chi connectivity index (χ1) is 10.2. The van der Waals surface area contributed by atoms with Gasteiger partial charge in [-0.2, -0.15) is 0 Å². The van der Waals surface area contributed by atoms with Gasteiger partial charge in [0, 0.05) is 5.54 Å². The summed E-state index contributed by atoms with van der Waals surface area (Å²) in [5.41, 5.74) is 0.249. The number of esters is 1. The Balaban J connectivity index is 1.50. The molecule has 0 spiro atoms. The van der Waals surface area contributed by atoms with Crippen LogP contribution in [0.2, 0.25) is 0 Å². The summed E-state index contributed by atoms with van der Waals surface area (Å²) < 4.78 is 5.04. The van der Waals surface area contributed by atoms with Crippen molar-refractivity contribution in [2.24, 2.45) is 17.8 Å². The second kappa shape index (κ2) is 4.97. The molecule has 4 saturated carbocycles. The molecular formula is C16H22N2O2S. The van der Waals surface area contributed by atoms with Crippen LogP contribution in [0.4, 0.5) is 5.13 Å². The molecule has 0 amide bonds. The maximum Gasteiger partial charge on any atom is 0.350 e. The molecule has 0 radical (unpaired) electrons. The van der Waals surface area contributed by atoms with Gasteiger partial charge in [0.05, 0.1) is 12.8 Å². The Labute approximate surface area is 129 Å². The van der Waals surface area contributed by atoms with E-state index in [1.165, 1.54) is 49.9 Å². The first-order valence-electron chi connectivity index (χ1n) is 8.07. The number of rotatable bonds is 4. The molecule has 0 aliphatic heterocycles. The summed E-state index contributed by atoms with van der Waals surface area (Å²) >= 11 is 1.43. The van der Waals surface area contributed by atoms with E-state index >= 15 is 0 Å². The number of anilines is 1. The number of nitrogens with zero attached hydrogens (tertiary/aromatic N) is 1. The van der Waals surface area contributed by atoms with Gasteiger partial charge in [-0.3, -0.25) is 0 Å². The monoisotopic (exact) mass is 306 g/mol. The fourth-order valence-corrected chi connectivity index (χ4v) is 5.95.